The number of hydrogen-bond acceptors (Lipinski definition) is 2. The van der Waals surface area contributed by atoms with Gasteiger partial charge in [-0.25, -0.2) is 4.79 Å². The molecule has 11 heavy (non-hydrogen) atoms. The molecule has 0 amide bonds. The fourth-order valence-corrected chi connectivity index (χ4v) is 0.951. The average Bonchev–Trinajstić information content (AvgIpc) is 1.86. The summed E-state index contributed by atoms with van der Waals surface area (Å²) in [4.78, 5) is 10.1. The Balaban J connectivity index is 2.50. The summed E-state index contributed by atoms with van der Waals surface area (Å²) in [7, 11) is 0. The molecule has 2 N–H and O–H groups in total. The molecule has 4 heteroatoms. The molecule has 0 bridgehead atoms. The molecule has 1 saturated heterocycles. The molecule has 0 saturated carbocycles. The van der Waals surface area contributed by atoms with Crippen LogP contribution in [-0.2, 0) is 4.79 Å². The molecule has 1 aliphatic heterocycles. The van der Waals surface area contributed by atoms with Crippen LogP contribution in [0.2, 0.25) is 0 Å². The summed E-state index contributed by atoms with van der Waals surface area (Å²) < 4.78 is 12.3. The van der Waals surface area contributed by atoms with E-state index in [9.17, 15) is 9.18 Å². The molecule has 0 radical (unpaired) electrons. The van der Waals surface area contributed by atoms with Crippen LogP contribution >= 0.6 is 0 Å². The lowest BCUT2D eigenvalue weighted by Gasteiger charge is -2.37. The lowest BCUT2D eigenvalue weighted by Crippen LogP contribution is -2.53. The molecule has 1 fully saturated rings. The summed E-state index contributed by atoms with van der Waals surface area (Å²) >= 11 is 0. The second-order valence-electron chi connectivity index (χ2n) is 2.77. The van der Waals surface area contributed by atoms with Crippen LogP contribution in [-0.4, -0.2) is 30.8 Å². The fraction of sp³-hybridized carbons (Fsp3) is 0.571. The van der Waals surface area contributed by atoms with E-state index in [-0.39, 0.29) is 0 Å². The zero-order valence-corrected chi connectivity index (χ0v) is 6.01. The molecule has 0 aromatic rings. The van der Waals surface area contributed by atoms with Gasteiger partial charge in [-0.3, -0.25) is 4.39 Å². The Labute approximate surface area is 63.9 Å². The zero-order chi connectivity index (χ0) is 8.32. The van der Waals surface area contributed by atoms with Gasteiger partial charge in [0.15, 0.2) is 0 Å². The molecule has 1 heterocycles. The predicted octanol–water partition coefficient (Wildman–Crippen LogP) is 0.186. The number of hydrogen-bond donors (Lipinski definition) is 2. The zero-order valence-electron chi connectivity index (χ0n) is 6.01. The van der Waals surface area contributed by atoms with E-state index in [2.05, 4.69) is 5.32 Å². The number of aliphatic carboxylic acids is 1. The second-order valence-corrected chi connectivity index (χ2v) is 2.77. The van der Waals surface area contributed by atoms with Crippen molar-refractivity contribution in [3.63, 3.8) is 0 Å². The molecular weight excluding hydrogens is 149 g/mol. The summed E-state index contributed by atoms with van der Waals surface area (Å²) in [5.74, 6) is -1.02. The van der Waals surface area contributed by atoms with Crippen LogP contribution in [0.3, 0.4) is 0 Å². The van der Waals surface area contributed by atoms with E-state index < -0.39 is 18.1 Å². The van der Waals surface area contributed by atoms with E-state index in [1.165, 1.54) is 6.08 Å². The lowest BCUT2D eigenvalue weighted by atomic mass is 9.83. The van der Waals surface area contributed by atoms with Gasteiger partial charge in [0.1, 0.15) is 6.67 Å². The maximum atomic E-state index is 12.3. The number of nitrogens with one attached hydrogen (secondary N) is 1. The monoisotopic (exact) mass is 159 g/mol. The predicted molar refractivity (Wildman–Crippen MR) is 38.1 cm³/mol. The number of carboxylic acids is 1. The minimum Gasteiger partial charge on any atom is -0.478 e. The van der Waals surface area contributed by atoms with Gasteiger partial charge in [0.25, 0.3) is 0 Å². The van der Waals surface area contributed by atoms with Crippen molar-refractivity contribution in [3.8, 4) is 0 Å². The number of alkyl halides is 1. The maximum Gasteiger partial charge on any atom is 0.328 e. The molecule has 0 atom stereocenters. The SMILES string of the molecule is O=C(O)/C=C/C1(CF)CNC1. The quantitative estimate of drug-likeness (QED) is 0.578. The van der Waals surface area contributed by atoms with Gasteiger partial charge in [0.2, 0.25) is 0 Å². The topological polar surface area (TPSA) is 49.3 Å². The number of halogens is 1. The van der Waals surface area contributed by atoms with E-state index in [0.717, 1.165) is 6.08 Å². The Hall–Kier alpha value is -0.900. The molecule has 0 aromatic carbocycles. The van der Waals surface area contributed by atoms with Crippen LogP contribution < -0.4 is 5.32 Å². The van der Waals surface area contributed by atoms with Crippen LogP contribution in [0.25, 0.3) is 0 Å². The molecule has 3 nitrogen and oxygen atoms in total. The van der Waals surface area contributed by atoms with Crippen molar-refractivity contribution in [3.05, 3.63) is 12.2 Å². The van der Waals surface area contributed by atoms with Crippen LogP contribution in [0.15, 0.2) is 12.2 Å². The first-order valence-corrected chi connectivity index (χ1v) is 3.37. The van der Waals surface area contributed by atoms with Gasteiger partial charge in [0, 0.05) is 24.6 Å². The third-order valence-corrected chi connectivity index (χ3v) is 1.80. The molecule has 62 valence electrons. The molecule has 0 spiro atoms. The highest BCUT2D eigenvalue weighted by Gasteiger charge is 2.34. The number of carbonyl (C=O) groups is 1. The maximum absolute atomic E-state index is 12.3. The van der Waals surface area contributed by atoms with Gasteiger partial charge in [-0.1, -0.05) is 6.08 Å². The first kappa shape index (κ1) is 8.20. The molecule has 0 aromatic heterocycles. The Morgan fingerprint density at radius 1 is 1.73 bits per heavy atom. The first-order chi connectivity index (χ1) is 5.18. The Morgan fingerprint density at radius 3 is 2.64 bits per heavy atom. The smallest absolute Gasteiger partial charge is 0.328 e. The molecule has 1 aliphatic rings. The van der Waals surface area contributed by atoms with Crippen molar-refractivity contribution < 1.29 is 14.3 Å². The highest BCUT2D eigenvalue weighted by atomic mass is 19.1. The highest BCUT2D eigenvalue weighted by molar-refractivity contribution is 5.79. The van der Waals surface area contributed by atoms with Crippen LogP contribution in [0.4, 0.5) is 4.39 Å². The molecule has 1 rings (SSSR count). The lowest BCUT2D eigenvalue weighted by molar-refractivity contribution is -0.131. The standard InChI is InChI=1S/C7H10FNO2/c8-3-7(4-9-5-7)2-1-6(10)11/h1-2,9H,3-5H2,(H,10,11)/b2-1+. The molecule has 0 aliphatic carbocycles. The van der Waals surface area contributed by atoms with Crippen LogP contribution in [0, 0.1) is 5.41 Å². The second kappa shape index (κ2) is 3.00. The van der Waals surface area contributed by atoms with Crippen molar-refractivity contribution in [2.75, 3.05) is 19.8 Å². The number of carboxylic acid groups (broad SMARTS) is 1. The summed E-state index contributed by atoms with van der Waals surface area (Å²) in [5.41, 5.74) is -0.543. The Morgan fingerprint density at radius 2 is 2.36 bits per heavy atom. The van der Waals surface area contributed by atoms with Crippen LogP contribution in [0.5, 0.6) is 0 Å². The van der Waals surface area contributed by atoms with E-state index in [4.69, 9.17) is 5.11 Å². The first-order valence-electron chi connectivity index (χ1n) is 3.37. The third-order valence-electron chi connectivity index (χ3n) is 1.80. The highest BCUT2D eigenvalue weighted by Crippen LogP contribution is 2.24. The number of rotatable bonds is 3. The fourth-order valence-electron chi connectivity index (χ4n) is 0.951. The van der Waals surface area contributed by atoms with Crippen molar-refractivity contribution >= 4 is 5.97 Å². The van der Waals surface area contributed by atoms with Crippen molar-refractivity contribution in [1.29, 1.82) is 0 Å². The van der Waals surface area contributed by atoms with E-state index in [1.54, 1.807) is 0 Å². The molecule has 0 unspecified atom stereocenters. The normalized spacial score (nSPS) is 21.5. The van der Waals surface area contributed by atoms with E-state index >= 15 is 0 Å². The van der Waals surface area contributed by atoms with Gasteiger partial charge in [-0.2, -0.15) is 0 Å². The van der Waals surface area contributed by atoms with Crippen molar-refractivity contribution in [2.45, 2.75) is 0 Å². The van der Waals surface area contributed by atoms with Gasteiger partial charge < -0.3 is 10.4 Å². The van der Waals surface area contributed by atoms with E-state index in [0.29, 0.717) is 13.1 Å². The van der Waals surface area contributed by atoms with E-state index in [1.807, 2.05) is 0 Å². The third kappa shape index (κ3) is 1.77. The summed E-state index contributed by atoms with van der Waals surface area (Å²) in [6, 6.07) is 0. The summed E-state index contributed by atoms with van der Waals surface area (Å²) in [5, 5.41) is 11.2. The van der Waals surface area contributed by atoms with Gasteiger partial charge >= 0.3 is 5.97 Å². The summed E-state index contributed by atoms with van der Waals surface area (Å²) in [6.45, 7) is 0.574. The van der Waals surface area contributed by atoms with Crippen molar-refractivity contribution in [1.82, 2.24) is 5.32 Å². The Kier molecular flexibility index (Phi) is 2.24. The summed E-state index contributed by atoms with van der Waals surface area (Å²) in [6.07, 6.45) is 2.42. The Bertz CT molecular complexity index is 181. The molecular formula is C7H10FNO2. The average molecular weight is 159 g/mol. The largest absolute Gasteiger partial charge is 0.478 e. The van der Waals surface area contributed by atoms with Crippen molar-refractivity contribution in [2.24, 2.45) is 5.41 Å². The minimum absolute atomic E-state index is 0.496. The minimum atomic E-state index is -1.02. The van der Waals surface area contributed by atoms with Gasteiger partial charge in [-0.05, 0) is 0 Å². The van der Waals surface area contributed by atoms with Crippen LogP contribution in [0.1, 0.15) is 0 Å². The van der Waals surface area contributed by atoms with Gasteiger partial charge in [0.05, 0.1) is 0 Å². The van der Waals surface area contributed by atoms with Gasteiger partial charge in [-0.15, -0.1) is 0 Å².